The predicted octanol–water partition coefficient (Wildman–Crippen LogP) is 2.66. The minimum atomic E-state index is -0.511. The van der Waals surface area contributed by atoms with Crippen LogP contribution in [0.1, 0.15) is 0 Å². The van der Waals surface area contributed by atoms with E-state index < -0.39 is 5.82 Å². The van der Waals surface area contributed by atoms with Crippen molar-refractivity contribution in [2.45, 2.75) is 0 Å². The van der Waals surface area contributed by atoms with E-state index in [1.165, 1.54) is 12.1 Å². The Kier molecular flexibility index (Phi) is 3.14. The first kappa shape index (κ1) is 9.86. The molecule has 0 spiro atoms. The van der Waals surface area contributed by atoms with Crippen LogP contribution in [0, 0.1) is 5.82 Å². The molecule has 0 bridgehead atoms. The fraction of sp³-hybridized carbons (Fsp3) is 0.111. The Labute approximate surface area is 81.2 Å². The van der Waals surface area contributed by atoms with Crippen LogP contribution in [0.15, 0.2) is 24.8 Å². The van der Waals surface area contributed by atoms with Gasteiger partial charge in [-0.2, -0.15) is 0 Å². The number of nitrogen functional groups attached to an aromatic ring is 1. The highest BCUT2D eigenvalue weighted by atomic mass is 35.5. The number of rotatable bonds is 3. The van der Waals surface area contributed by atoms with Gasteiger partial charge in [0.05, 0.1) is 16.4 Å². The van der Waals surface area contributed by atoms with Crippen LogP contribution in [-0.4, -0.2) is 6.54 Å². The third kappa shape index (κ3) is 2.36. The summed E-state index contributed by atoms with van der Waals surface area (Å²) in [5.74, 6) is -0.511. The number of nitrogens with two attached hydrogens (primary N) is 1. The molecule has 0 saturated heterocycles. The van der Waals surface area contributed by atoms with Crippen LogP contribution in [0.4, 0.5) is 15.8 Å². The molecule has 2 nitrogen and oxygen atoms in total. The normalized spacial score (nSPS) is 9.69. The van der Waals surface area contributed by atoms with Gasteiger partial charge in [-0.3, -0.25) is 0 Å². The molecule has 0 radical (unpaired) electrons. The number of halogens is 2. The summed E-state index contributed by atoms with van der Waals surface area (Å²) in [5.41, 5.74) is 6.49. The van der Waals surface area contributed by atoms with Gasteiger partial charge in [0.1, 0.15) is 5.82 Å². The lowest BCUT2D eigenvalue weighted by Gasteiger charge is -2.07. The molecule has 0 aliphatic carbocycles. The van der Waals surface area contributed by atoms with Crippen molar-refractivity contribution in [3.8, 4) is 0 Å². The lowest BCUT2D eigenvalue weighted by atomic mass is 10.2. The maximum atomic E-state index is 12.8. The first-order valence-electron chi connectivity index (χ1n) is 3.74. The minimum Gasteiger partial charge on any atom is -0.397 e. The summed E-state index contributed by atoms with van der Waals surface area (Å²) in [4.78, 5) is 0. The molecule has 70 valence electrons. The van der Waals surface area contributed by atoms with Crippen molar-refractivity contribution in [1.29, 1.82) is 0 Å². The van der Waals surface area contributed by atoms with Gasteiger partial charge < -0.3 is 11.1 Å². The van der Waals surface area contributed by atoms with Gasteiger partial charge >= 0.3 is 0 Å². The van der Waals surface area contributed by atoms with E-state index in [4.69, 9.17) is 17.3 Å². The summed E-state index contributed by atoms with van der Waals surface area (Å²) in [6, 6.07) is 2.64. The quantitative estimate of drug-likeness (QED) is 0.582. The van der Waals surface area contributed by atoms with Crippen molar-refractivity contribution in [3.63, 3.8) is 0 Å². The van der Waals surface area contributed by atoms with E-state index in [9.17, 15) is 4.39 Å². The maximum Gasteiger partial charge on any atom is 0.143 e. The Morgan fingerprint density at radius 1 is 1.62 bits per heavy atom. The van der Waals surface area contributed by atoms with Gasteiger partial charge in [0.25, 0.3) is 0 Å². The smallest absolute Gasteiger partial charge is 0.143 e. The fourth-order valence-corrected chi connectivity index (χ4v) is 1.06. The molecule has 0 unspecified atom stereocenters. The highest BCUT2D eigenvalue weighted by Crippen LogP contribution is 2.25. The molecule has 0 aliphatic heterocycles. The van der Waals surface area contributed by atoms with Crippen LogP contribution in [0.25, 0.3) is 0 Å². The van der Waals surface area contributed by atoms with Crippen LogP contribution in [0.2, 0.25) is 5.02 Å². The average molecular weight is 201 g/mol. The summed E-state index contributed by atoms with van der Waals surface area (Å²) in [6.07, 6.45) is 1.68. The van der Waals surface area contributed by atoms with E-state index in [-0.39, 0.29) is 5.02 Å². The molecule has 1 rings (SSSR count). The summed E-state index contributed by atoms with van der Waals surface area (Å²) in [7, 11) is 0. The van der Waals surface area contributed by atoms with Crippen molar-refractivity contribution in [1.82, 2.24) is 0 Å². The van der Waals surface area contributed by atoms with Crippen LogP contribution in [-0.2, 0) is 0 Å². The lowest BCUT2D eigenvalue weighted by Crippen LogP contribution is -2.02. The van der Waals surface area contributed by atoms with Crippen LogP contribution < -0.4 is 11.1 Å². The zero-order valence-electron chi connectivity index (χ0n) is 6.98. The van der Waals surface area contributed by atoms with E-state index in [2.05, 4.69) is 11.9 Å². The summed E-state index contributed by atoms with van der Waals surface area (Å²) >= 11 is 5.57. The third-order valence-electron chi connectivity index (χ3n) is 1.53. The molecule has 0 atom stereocenters. The second-order valence-corrected chi connectivity index (χ2v) is 2.93. The zero-order valence-corrected chi connectivity index (χ0v) is 7.74. The van der Waals surface area contributed by atoms with Crippen molar-refractivity contribution < 1.29 is 4.39 Å². The van der Waals surface area contributed by atoms with Crippen molar-refractivity contribution >= 4 is 23.0 Å². The Hall–Kier alpha value is -1.22. The molecule has 0 aliphatic rings. The monoisotopic (exact) mass is 200 g/mol. The highest BCUT2D eigenvalue weighted by molar-refractivity contribution is 6.31. The largest absolute Gasteiger partial charge is 0.397 e. The average Bonchev–Trinajstić information content (AvgIpc) is 2.09. The predicted molar refractivity (Wildman–Crippen MR) is 54.5 cm³/mol. The Bertz CT molecular complexity index is 326. The van der Waals surface area contributed by atoms with E-state index >= 15 is 0 Å². The van der Waals surface area contributed by atoms with Crippen molar-refractivity contribution in [3.05, 3.63) is 35.6 Å². The molecule has 3 N–H and O–H groups in total. The molecular weight excluding hydrogens is 191 g/mol. The Morgan fingerprint density at radius 3 is 2.92 bits per heavy atom. The molecule has 1 aromatic carbocycles. The van der Waals surface area contributed by atoms with Gasteiger partial charge in [-0.15, -0.1) is 6.58 Å². The number of hydrogen-bond acceptors (Lipinski definition) is 2. The SMILES string of the molecule is C=CCNc1cc(Cl)c(F)cc1N. The van der Waals surface area contributed by atoms with Crippen LogP contribution in [0.3, 0.4) is 0 Å². The van der Waals surface area contributed by atoms with E-state index in [1.54, 1.807) is 6.08 Å². The van der Waals surface area contributed by atoms with Gasteiger partial charge in [-0.1, -0.05) is 17.7 Å². The van der Waals surface area contributed by atoms with E-state index in [0.717, 1.165) is 0 Å². The summed E-state index contributed by atoms with van der Waals surface area (Å²) in [5, 5.41) is 2.99. The van der Waals surface area contributed by atoms with Crippen LogP contribution >= 0.6 is 11.6 Å². The van der Waals surface area contributed by atoms with Crippen molar-refractivity contribution in [2.24, 2.45) is 0 Å². The molecule has 4 heteroatoms. The Balaban J connectivity index is 2.94. The number of benzene rings is 1. The molecule has 0 saturated carbocycles. The second kappa shape index (κ2) is 4.14. The third-order valence-corrected chi connectivity index (χ3v) is 1.82. The number of hydrogen-bond donors (Lipinski definition) is 2. The summed E-state index contributed by atoms with van der Waals surface area (Å²) in [6.45, 7) is 4.10. The maximum absolute atomic E-state index is 12.8. The molecule has 0 heterocycles. The first-order valence-corrected chi connectivity index (χ1v) is 4.12. The highest BCUT2D eigenvalue weighted by Gasteiger charge is 2.04. The molecule has 1 aromatic rings. The van der Waals surface area contributed by atoms with Gasteiger partial charge in [0.15, 0.2) is 0 Å². The number of anilines is 2. The minimum absolute atomic E-state index is 0.0563. The fourth-order valence-electron chi connectivity index (χ4n) is 0.897. The van der Waals surface area contributed by atoms with E-state index in [0.29, 0.717) is 17.9 Å². The van der Waals surface area contributed by atoms with Crippen molar-refractivity contribution in [2.75, 3.05) is 17.6 Å². The van der Waals surface area contributed by atoms with E-state index in [1.807, 2.05) is 0 Å². The standard InChI is InChI=1S/C9H10ClFN2/c1-2-3-13-9-4-6(10)7(11)5-8(9)12/h2,4-5,13H,1,3,12H2. The molecule has 0 aromatic heterocycles. The number of nitrogens with one attached hydrogen (secondary N) is 1. The van der Waals surface area contributed by atoms with Gasteiger partial charge in [-0.05, 0) is 6.07 Å². The topological polar surface area (TPSA) is 38.0 Å². The lowest BCUT2D eigenvalue weighted by molar-refractivity contribution is 0.629. The first-order chi connectivity index (χ1) is 6.15. The molecular formula is C9H10ClFN2. The van der Waals surface area contributed by atoms with Crippen LogP contribution in [0.5, 0.6) is 0 Å². The van der Waals surface area contributed by atoms with Gasteiger partial charge in [-0.25, -0.2) is 4.39 Å². The zero-order chi connectivity index (χ0) is 9.84. The van der Waals surface area contributed by atoms with Gasteiger partial charge in [0, 0.05) is 12.6 Å². The molecule has 0 fully saturated rings. The van der Waals surface area contributed by atoms with Gasteiger partial charge in [0.2, 0.25) is 0 Å². The molecule has 0 amide bonds. The molecule has 13 heavy (non-hydrogen) atoms. The summed E-state index contributed by atoms with van der Waals surface area (Å²) < 4.78 is 12.8. The second-order valence-electron chi connectivity index (χ2n) is 2.52. The Morgan fingerprint density at radius 2 is 2.31 bits per heavy atom.